The van der Waals surface area contributed by atoms with E-state index in [2.05, 4.69) is 10.1 Å². The van der Waals surface area contributed by atoms with Gasteiger partial charge in [-0.1, -0.05) is 5.16 Å². The zero-order valence-corrected chi connectivity index (χ0v) is 19.7. The van der Waals surface area contributed by atoms with E-state index in [-0.39, 0.29) is 59.3 Å². The zero-order chi connectivity index (χ0) is 24.7. The van der Waals surface area contributed by atoms with Crippen LogP contribution in [0.25, 0.3) is 0 Å². The molecule has 34 heavy (non-hydrogen) atoms. The second-order valence-electron chi connectivity index (χ2n) is 9.84. The second-order valence-corrected chi connectivity index (χ2v) is 11.9. The van der Waals surface area contributed by atoms with Crippen LogP contribution in [-0.4, -0.2) is 61.0 Å². The molecule has 184 valence electrons. The number of fused-ring (bicyclic) bond motifs is 1. The molecule has 1 amide bonds. The van der Waals surface area contributed by atoms with E-state index >= 15 is 0 Å². The number of halogens is 3. The molecule has 0 bridgehead atoms. The van der Waals surface area contributed by atoms with Crippen molar-refractivity contribution in [3.8, 4) is 5.75 Å². The van der Waals surface area contributed by atoms with Gasteiger partial charge in [0.1, 0.15) is 11.2 Å². The Labute approximate surface area is 194 Å². The highest BCUT2D eigenvalue weighted by atomic mass is 32.2. The first kappa shape index (κ1) is 23.1. The van der Waals surface area contributed by atoms with Crippen LogP contribution >= 0.6 is 0 Å². The Morgan fingerprint density at radius 1 is 1.29 bits per heavy atom. The van der Waals surface area contributed by atoms with Crippen LogP contribution in [0.1, 0.15) is 55.2 Å². The molecule has 5 rings (SSSR count). The topological polar surface area (TPSA) is 103 Å². The van der Waals surface area contributed by atoms with Crippen LogP contribution in [-0.2, 0) is 20.7 Å². The number of sulfone groups is 1. The van der Waals surface area contributed by atoms with Crippen LogP contribution < -0.4 is 4.74 Å². The number of likely N-dealkylation sites (tertiary alicyclic amines) is 1. The van der Waals surface area contributed by atoms with Crippen molar-refractivity contribution in [1.82, 2.24) is 15.0 Å². The maximum Gasteiger partial charge on any atom is 0.401 e. The van der Waals surface area contributed by atoms with Crippen molar-refractivity contribution in [2.24, 2.45) is 5.92 Å². The quantitative estimate of drug-likeness (QED) is 0.601. The molecule has 0 N–H and O–H groups in total. The van der Waals surface area contributed by atoms with Crippen LogP contribution in [0.3, 0.4) is 0 Å². The number of alkyl halides is 3. The summed E-state index contributed by atoms with van der Waals surface area (Å²) in [6, 6.07) is 4.16. The lowest BCUT2D eigenvalue weighted by molar-refractivity contribution is -0.162. The summed E-state index contributed by atoms with van der Waals surface area (Å²) >= 11 is 0. The van der Waals surface area contributed by atoms with Gasteiger partial charge in [-0.05, 0) is 57.2 Å². The number of rotatable bonds is 6. The van der Waals surface area contributed by atoms with Gasteiger partial charge >= 0.3 is 6.18 Å². The van der Waals surface area contributed by atoms with Gasteiger partial charge in [-0.25, -0.2) is 8.42 Å². The minimum atomic E-state index is -4.44. The van der Waals surface area contributed by atoms with E-state index in [4.69, 9.17) is 9.26 Å². The van der Waals surface area contributed by atoms with Crippen LogP contribution in [0.4, 0.5) is 13.2 Å². The van der Waals surface area contributed by atoms with Gasteiger partial charge in [0.05, 0.1) is 22.0 Å². The molecule has 3 fully saturated rings. The smallest absolute Gasteiger partial charge is 0.401 e. The molecule has 1 aliphatic heterocycles. The fourth-order valence-corrected chi connectivity index (χ4v) is 5.43. The predicted molar refractivity (Wildman–Crippen MR) is 112 cm³/mol. The molecule has 1 aromatic heterocycles. The van der Waals surface area contributed by atoms with Crippen molar-refractivity contribution >= 4 is 15.7 Å². The van der Waals surface area contributed by atoms with E-state index < -0.39 is 32.8 Å². The number of benzene rings is 1. The highest BCUT2D eigenvalue weighted by Gasteiger charge is 2.69. The fourth-order valence-electron chi connectivity index (χ4n) is 4.78. The van der Waals surface area contributed by atoms with Gasteiger partial charge in [-0.2, -0.15) is 18.2 Å². The van der Waals surface area contributed by atoms with Gasteiger partial charge in [0.15, 0.2) is 15.7 Å². The van der Waals surface area contributed by atoms with Crippen molar-refractivity contribution < 1.29 is 35.6 Å². The molecule has 2 atom stereocenters. The summed E-state index contributed by atoms with van der Waals surface area (Å²) in [7, 11) is -3.55. The Morgan fingerprint density at radius 2 is 2.00 bits per heavy atom. The van der Waals surface area contributed by atoms with Crippen LogP contribution in [0, 0.1) is 5.92 Å². The number of ether oxygens (including phenoxy) is 1. The molecule has 0 spiro atoms. The molecule has 8 nitrogen and oxygen atoms in total. The van der Waals surface area contributed by atoms with E-state index in [0.29, 0.717) is 13.0 Å². The second kappa shape index (κ2) is 7.19. The van der Waals surface area contributed by atoms with E-state index in [9.17, 15) is 26.4 Å². The number of carbonyl (C=O) groups is 1. The summed E-state index contributed by atoms with van der Waals surface area (Å²) in [5, 5.41) is 3.65. The van der Waals surface area contributed by atoms with Crippen LogP contribution in [0.15, 0.2) is 27.6 Å². The van der Waals surface area contributed by atoms with Gasteiger partial charge in [0.25, 0.3) is 5.91 Å². The number of nitrogens with zero attached hydrogens (tertiary/aromatic N) is 3. The maximum atomic E-state index is 13.4. The summed E-state index contributed by atoms with van der Waals surface area (Å²) in [5.74, 6) is -0.377. The molecule has 2 aromatic rings. The molecular formula is C22H24F3N3O5S. The predicted octanol–water partition coefficient (Wildman–Crippen LogP) is 3.27. The summed E-state index contributed by atoms with van der Waals surface area (Å²) in [6.45, 7) is 4.13. The molecular weight excluding hydrogens is 475 g/mol. The standard InChI is InChI=1S/C22H24F3N3O5S/c1-12(2)32-16-5-4-14(34(3,30)31)8-15(16)17(29)28-10-13-9-20(13,11-28)19-26-18(27-33-19)21(6-7-21)22(23,24)25/h4-5,8,12-13H,6-7,9-11H2,1-3H3. The Bertz CT molecular complexity index is 1270. The maximum absolute atomic E-state index is 13.4. The lowest BCUT2D eigenvalue weighted by atomic mass is 10.0. The zero-order valence-electron chi connectivity index (χ0n) is 18.8. The average molecular weight is 500 g/mol. The molecule has 3 aliphatic rings. The lowest BCUT2D eigenvalue weighted by Crippen LogP contribution is -2.33. The minimum Gasteiger partial charge on any atom is -0.490 e. The third-order valence-corrected chi connectivity index (χ3v) is 8.09. The van der Waals surface area contributed by atoms with E-state index in [1.165, 1.54) is 18.2 Å². The minimum absolute atomic E-state index is 0.00514. The molecule has 2 heterocycles. The molecule has 2 saturated carbocycles. The highest BCUT2D eigenvalue weighted by Crippen LogP contribution is 2.61. The molecule has 0 radical (unpaired) electrons. The first-order chi connectivity index (χ1) is 15.8. The average Bonchev–Trinajstić information content (AvgIpc) is 3.58. The molecule has 2 aliphatic carbocycles. The lowest BCUT2D eigenvalue weighted by Gasteiger charge is -2.22. The van der Waals surface area contributed by atoms with Gasteiger partial charge in [0, 0.05) is 19.3 Å². The Balaban J connectivity index is 1.41. The molecule has 2 unspecified atom stereocenters. The van der Waals surface area contributed by atoms with Crippen molar-refractivity contribution in [2.45, 2.75) is 61.1 Å². The van der Waals surface area contributed by atoms with Crippen molar-refractivity contribution in [1.29, 1.82) is 0 Å². The van der Waals surface area contributed by atoms with Gasteiger partial charge in [-0.3, -0.25) is 4.79 Å². The molecule has 1 aromatic carbocycles. The number of amides is 1. The van der Waals surface area contributed by atoms with E-state index in [1.807, 2.05) is 0 Å². The Kier molecular flexibility index (Phi) is 4.89. The number of carbonyl (C=O) groups excluding carboxylic acids is 1. The monoisotopic (exact) mass is 499 g/mol. The molecule has 1 saturated heterocycles. The number of piperidine rings is 1. The normalized spacial score (nSPS) is 25.4. The number of aromatic nitrogens is 2. The first-order valence-electron chi connectivity index (χ1n) is 11.0. The van der Waals surface area contributed by atoms with Crippen molar-refractivity contribution in [2.75, 3.05) is 19.3 Å². The van der Waals surface area contributed by atoms with Crippen LogP contribution in [0.2, 0.25) is 0 Å². The van der Waals surface area contributed by atoms with Crippen molar-refractivity contribution in [3.63, 3.8) is 0 Å². The highest BCUT2D eigenvalue weighted by molar-refractivity contribution is 7.90. The van der Waals surface area contributed by atoms with Gasteiger partial charge < -0.3 is 14.2 Å². The summed E-state index contributed by atoms with van der Waals surface area (Å²) in [5.41, 5.74) is -2.58. The van der Waals surface area contributed by atoms with E-state index in [0.717, 1.165) is 6.26 Å². The summed E-state index contributed by atoms with van der Waals surface area (Å²) in [4.78, 5) is 19.1. The van der Waals surface area contributed by atoms with Gasteiger partial charge in [-0.15, -0.1) is 0 Å². The number of hydrogen-bond donors (Lipinski definition) is 0. The van der Waals surface area contributed by atoms with E-state index in [1.54, 1.807) is 18.7 Å². The first-order valence-corrected chi connectivity index (χ1v) is 12.9. The summed E-state index contributed by atoms with van der Waals surface area (Å²) < 4.78 is 75.4. The molecule has 12 heteroatoms. The number of hydrogen-bond acceptors (Lipinski definition) is 7. The van der Waals surface area contributed by atoms with Crippen molar-refractivity contribution in [3.05, 3.63) is 35.5 Å². The Hall–Kier alpha value is -2.63. The third-order valence-electron chi connectivity index (χ3n) is 6.98. The SMILES string of the molecule is CC(C)Oc1ccc(S(C)(=O)=O)cc1C(=O)N1CC2CC2(c2nc(C3(C(F)(F)F)CC3)no2)C1. The largest absolute Gasteiger partial charge is 0.490 e. The third kappa shape index (κ3) is 3.57. The van der Waals surface area contributed by atoms with Crippen LogP contribution in [0.5, 0.6) is 5.75 Å². The Morgan fingerprint density at radius 3 is 2.59 bits per heavy atom. The fraction of sp³-hybridized carbons (Fsp3) is 0.591. The summed E-state index contributed by atoms with van der Waals surface area (Å²) in [6.07, 6.45) is -3.12. The van der Waals surface area contributed by atoms with Gasteiger partial charge in [0.2, 0.25) is 5.89 Å².